The van der Waals surface area contributed by atoms with Crippen LogP contribution in [0.4, 0.5) is 5.69 Å². The molecule has 0 atom stereocenters. The highest BCUT2D eigenvalue weighted by Gasteiger charge is 2.09. The number of hydrogen-bond acceptors (Lipinski definition) is 3. The molecule has 2 aromatic rings. The van der Waals surface area contributed by atoms with E-state index in [1.807, 2.05) is 24.3 Å². The number of nitrogens with one attached hydrogen (secondary N) is 1. The van der Waals surface area contributed by atoms with E-state index in [2.05, 4.69) is 24.1 Å². The molecule has 2 rings (SSSR count). The van der Waals surface area contributed by atoms with Crippen LogP contribution in [-0.2, 0) is 0 Å². The SMILES string of the molecule is CC(C)c1cccc(NC(=O)c2cnco2)c1. The van der Waals surface area contributed by atoms with Crippen molar-refractivity contribution in [2.75, 3.05) is 5.32 Å². The minimum Gasteiger partial charge on any atom is -0.438 e. The van der Waals surface area contributed by atoms with E-state index in [-0.39, 0.29) is 11.7 Å². The van der Waals surface area contributed by atoms with Crippen molar-refractivity contribution in [1.82, 2.24) is 4.98 Å². The Morgan fingerprint density at radius 2 is 2.24 bits per heavy atom. The summed E-state index contributed by atoms with van der Waals surface area (Å²) >= 11 is 0. The van der Waals surface area contributed by atoms with Gasteiger partial charge in [0, 0.05) is 5.69 Å². The number of carbonyl (C=O) groups is 1. The van der Waals surface area contributed by atoms with Crippen molar-refractivity contribution in [3.63, 3.8) is 0 Å². The zero-order valence-corrected chi connectivity index (χ0v) is 9.81. The zero-order valence-electron chi connectivity index (χ0n) is 9.81. The molecule has 1 aromatic carbocycles. The van der Waals surface area contributed by atoms with Crippen LogP contribution in [0.15, 0.2) is 41.3 Å². The Hall–Kier alpha value is -2.10. The fourth-order valence-corrected chi connectivity index (χ4v) is 1.50. The molecule has 4 heteroatoms. The number of oxazole rings is 1. The molecule has 0 radical (unpaired) electrons. The van der Waals surface area contributed by atoms with E-state index < -0.39 is 0 Å². The average Bonchev–Trinajstić information content (AvgIpc) is 2.82. The molecule has 4 nitrogen and oxygen atoms in total. The first-order valence-electron chi connectivity index (χ1n) is 5.46. The molecule has 0 spiro atoms. The molecule has 0 saturated heterocycles. The molecule has 0 fully saturated rings. The minimum absolute atomic E-state index is 0.208. The summed E-state index contributed by atoms with van der Waals surface area (Å²) in [7, 11) is 0. The van der Waals surface area contributed by atoms with Crippen molar-refractivity contribution < 1.29 is 9.21 Å². The van der Waals surface area contributed by atoms with Gasteiger partial charge in [-0.15, -0.1) is 0 Å². The molecule has 0 aliphatic rings. The van der Waals surface area contributed by atoms with E-state index in [4.69, 9.17) is 4.42 Å². The van der Waals surface area contributed by atoms with Gasteiger partial charge in [-0.3, -0.25) is 4.79 Å². The molecule has 0 saturated carbocycles. The largest absolute Gasteiger partial charge is 0.438 e. The summed E-state index contributed by atoms with van der Waals surface area (Å²) in [5.74, 6) is 0.348. The van der Waals surface area contributed by atoms with Gasteiger partial charge >= 0.3 is 0 Å². The monoisotopic (exact) mass is 230 g/mol. The molecule has 0 bridgehead atoms. The second kappa shape index (κ2) is 4.82. The maximum Gasteiger partial charge on any atom is 0.293 e. The fraction of sp³-hybridized carbons (Fsp3) is 0.231. The predicted molar refractivity (Wildman–Crippen MR) is 65.0 cm³/mol. The smallest absolute Gasteiger partial charge is 0.293 e. The third kappa shape index (κ3) is 2.72. The van der Waals surface area contributed by atoms with E-state index in [0.29, 0.717) is 5.92 Å². The van der Waals surface area contributed by atoms with Crippen LogP contribution in [0.1, 0.15) is 35.9 Å². The highest BCUT2D eigenvalue weighted by Crippen LogP contribution is 2.18. The molecule has 0 aliphatic carbocycles. The second-order valence-electron chi connectivity index (χ2n) is 4.10. The first-order valence-corrected chi connectivity index (χ1v) is 5.46. The van der Waals surface area contributed by atoms with Gasteiger partial charge in [0.2, 0.25) is 5.76 Å². The Morgan fingerprint density at radius 3 is 2.88 bits per heavy atom. The van der Waals surface area contributed by atoms with Gasteiger partial charge in [-0.05, 0) is 23.6 Å². The van der Waals surface area contributed by atoms with Crippen LogP contribution in [0.25, 0.3) is 0 Å². The molecule has 0 aliphatic heterocycles. The lowest BCUT2D eigenvalue weighted by Crippen LogP contribution is -2.11. The summed E-state index contributed by atoms with van der Waals surface area (Å²) in [6.07, 6.45) is 2.63. The molecule has 1 amide bonds. The van der Waals surface area contributed by atoms with E-state index >= 15 is 0 Å². The summed E-state index contributed by atoms with van der Waals surface area (Å²) in [6, 6.07) is 7.76. The third-order valence-corrected chi connectivity index (χ3v) is 2.47. The Labute approximate surface area is 99.7 Å². The van der Waals surface area contributed by atoms with Crippen molar-refractivity contribution in [3.8, 4) is 0 Å². The van der Waals surface area contributed by atoms with E-state index in [9.17, 15) is 4.79 Å². The Bertz CT molecular complexity index is 504. The van der Waals surface area contributed by atoms with Crippen LogP contribution < -0.4 is 5.32 Å². The number of nitrogens with zero attached hydrogens (tertiary/aromatic N) is 1. The number of amides is 1. The zero-order chi connectivity index (χ0) is 12.3. The first kappa shape index (κ1) is 11.4. The fourth-order valence-electron chi connectivity index (χ4n) is 1.50. The molecule has 1 heterocycles. The lowest BCUT2D eigenvalue weighted by atomic mass is 10.0. The van der Waals surface area contributed by atoms with Gasteiger partial charge in [0.15, 0.2) is 6.39 Å². The lowest BCUT2D eigenvalue weighted by Gasteiger charge is -2.08. The van der Waals surface area contributed by atoms with Gasteiger partial charge in [-0.25, -0.2) is 4.98 Å². The maximum atomic E-state index is 11.7. The molecule has 88 valence electrons. The molecular weight excluding hydrogens is 216 g/mol. The molecule has 1 N–H and O–H groups in total. The standard InChI is InChI=1S/C13H14N2O2/c1-9(2)10-4-3-5-11(6-10)15-13(16)12-7-14-8-17-12/h3-9H,1-2H3,(H,15,16). The Morgan fingerprint density at radius 1 is 1.41 bits per heavy atom. The van der Waals surface area contributed by atoms with Crippen molar-refractivity contribution in [3.05, 3.63) is 48.2 Å². The number of benzene rings is 1. The van der Waals surface area contributed by atoms with Gasteiger partial charge in [0.05, 0.1) is 6.20 Å². The van der Waals surface area contributed by atoms with E-state index in [0.717, 1.165) is 5.69 Å². The lowest BCUT2D eigenvalue weighted by molar-refractivity contribution is 0.0996. The normalized spacial score (nSPS) is 10.5. The van der Waals surface area contributed by atoms with E-state index in [1.54, 1.807) is 0 Å². The van der Waals surface area contributed by atoms with Gasteiger partial charge in [0.1, 0.15) is 0 Å². The van der Waals surface area contributed by atoms with Crippen LogP contribution in [-0.4, -0.2) is 10.9 Å². The molecular formula is C13H14N2O2. The van der Waals surface area contributed by atoms with Crippen molar-refractivity contribution in [2.45, 2.75) is 19.8 Å². The number of carbonyl (C=O) groups excluding carboxylic acids is 1. The Balaban J connectivity index is 2.14. The highest BCUT2D eigenvalue weighted by molar-refractivity contribution is 6.02. The quantitative estimate of drug-likeness (QED) is 0.881. The number of aromatic nitrogens is 1. The van der Waals surface area contributed by atoms with Crippen molar-refractivity contribution in [2.24, 2.45) is 0 Å². The van der Waals surface area contributed by atoms with Crippen LogP contribution in [0.5, 0.6) is 0 Å². The van der Waals surface area contributed by atoms with Gasteiger partial charge in [0.25, 0.3) is 5.91 Å². The van der Waals surface area contributed by atoms with Gasteiger partial charge < -0.3 is 9.73 Å². The highest BCUT2D eigenvalue weighted by atomic mass is 16.3. The number of hydrogen-bond donors (Lipinski definition) is 1. The van der Waals surface area contributed by atoms with Gasteiger partial charge in [-0.2, -0.15) is 0 Å². The van der Waals surface area contributed by atoms with E-state index in [1.165, 1.54) is 18.2 Å². The van der Waals surface area contributed by atoms with Crippen molar-refractivity contribution >= 4 is 11.6 Å². The molecule has 0 unspecified atom stereocenters. The number of rotatable bonds is 3. The minimum atomic E-state index is -0.289. The maximum absolute atomic E-state index is 11.7. The number of anilines is 1. The van der Waals surface area contributed by atoms with Crippen LogP contribution in [0, 0.1) is 0 Å². The molecule has 1 aromatic heterocycles. The van der Waals surface area contributed by atoms with Gasteiger partial charge in [-0.1, -0.05) is 26.0 Å². The summed E-state index contributed by atoms with van der Waals surface area (Å²) in [6.45, 7) is 4.22. The second-order valence-corrected chi connectivity index (χ2v) is 4.10. The summed E-state index contributed by atoms with van der Waals surface area (Å²) in [5, 5.41) is 2.77. The van der Waals surface area contributed by atoms with Crippen molar-refractivity contribution in [1.29, 1.82) is 0 Å². The van der Waals surface area contributed by atoms with Crippen LogP contribution in [0.2, 0.25) is 0 Å². The topological polar surface area (TPSA) is 55.1 Å². The average molecular weight is 230 g/mol. The summed E-state index contributed by atoms with van der Waals surface area (Å²) in [4.78, 5) is 15.4. The molecule has 17 heavy (non-hydrogen) atoms. The van der Waals surface area contributed by atoms with Crippen LogP contribution >= 0.6 is 0 Å². The summed E-state index contributed by atoms with van der Waals surface area (Å²) in [5.41, 5.74) is 1.94. The predicted octanol–water partition coefficient (Wildman–Crippen LogP) is 3.05. The summed E-state index contributed by atoms with van der Waals surface area (Å²) < 4.78 is 4.92. The Kier molecular flexibility index (Phi) is 3.23. The van der Waals surface area contributed by atoms with Crippen LogP contribution in [0.3, 0.4) is 0 Å². The first-order chi connectivity index (χ1) is 8.16. The third-order valence-electron chi connectivity index (χ3n) is 2.47.